The van der Waals surface area contributed by atoms with Crippen LogP contribution >= 0.6 is 0 Å². The van der Waals surface area contributed by atoms with Crippen molar-refractivity contribution in [3.05, 3.63) is 53.3 Å². The zero-order valence-electron chi connectivity index (χ0n) is 21.1. The maximum Gasteiger partial charge on any atom is 0.356 e. The number of esters is 1. The summed E-state index contributed by atoms with van der Waals surface area (Å²) < 4.78 is 6.75. The average Bonchev–Trinajstić information content (AvgIpc) is 3.23. The molecule has 10 heteroatoms. The highest BCUT2D eigenvalue weighted by molar-refractivity contribution is 6.03. The molecule has 1 amide bonds. The van der Waals surface area contributed by atoms with Crippen molar-refractivity contribution in [2.45, 2.75) is 32.4 Å². The number of nitrogens with two attached hydrogens (primary N) is 1. The van der Waals surface area contributed by atoms with Crippen LogP contribution in [-0.2, 0) is 17.8 Å². The molecule has 1 aliphatic heterocycles. The van der Waals surface area contributed by atoms with Gasteiger partial charge < -0.3 is 19.9 Å². The fraction of sp³-hybridized carbons (Fsp3) is 0.462. The summed E-state index contributed by atoms with van der Waals surface area (Å²) in [6, 6.07) is 11.0. The highest BCUT2D eigenvalue weighted by Crippen LogP contribution is 2.23. The summed E-state index contributed by atoms with van der Waals surface area (Å²) in [4.78, 5) is 38.6. The average molecular weight is 494 g/mol. The fourth-order valence-electron chi connectivity index (χ4n) is 4.40. The Morgan fingerprint density at radius 3 is 2.56 bits per heavy atom. The molecule has 0 aliphatic carbocycles. The van der Waals surface area contributed by atoms with Gasteiger partial charge in [-0.25, -0.2) is 14.8 Å². The van der Waals surface area contributed by atoms with E-state index in [9.17, 15) is 9.59 Å². The Labute approximate surface area is 211 Å². The number of hydrogen-bond donors (Lipinski definition) is 2. The van der Waals surface area contributed by atoms with E-state index in [0.29, 0.717) is 19.0 Å². The third-order valence-electron chi connectivity index (χ3n) is 6.50. The number of anilines is 1. The minimum atomic E-state index is -0.593. The highest BCUT2D eigenvalue weighted by Gasteiger charge is 2.19. The molecule has 36 heavy (non-hydrogen) atoms. The largest absolute Gasteiger partial charge is 0.464 e. The molecule has 1 aliphatic rings. The second-order valence-electron chi connectivity index (χ2n) is 9.19. The molecule has 1 fully saturated rings. The fourth-order valence-corrected chi connectivity index (χ4v) is 4.40. The monoisotopic (exact) mass is 493 g/mol. The Kier molecular flexibility index (Phi) is 8.63. The molecule has 192 valence electrons. The van der Waals surface area contributed by atoms with Gasteiger partial charge in [-0.3, -0.25) is 15.0 Å². The molecule has 2 aromatic heterocycles. The van der Waals surface area contributed by atoms with Gasteiger partial charge in [0.05, 0.1) is 18.1 Å². The number of piperazine rings is 1. The van der Waals surface area contributed by atoms with Gasteiger partial charge in [0.25, 0.3) is 5.91 Å². The second-order valence-corrected chi connectivity index (χ2v) is 9.19. The van der Waals surface area contributed by atoms with E-state index < -0.39 is 11.9 Å². The lowest BCUT2D eigenvalue weighted by Crippen LogP contribution is -2.43. The first-order chi connectivity index (χ1) is 17.5. The van der Waals surface area contributed by atoms with Crippen LogP contribution in [0.25, 0.3) is 11.0 Å². The lowest BCUT2D eigenvalue weighted by molar-refractivity contribution is 0.0594. The summed E-state index contributed by atoms with van der Waals surface area (Å²) in [5, 5.41) is 2.90. The SMILES string of the molecule is COC(=O)c1cccc(C(=O)Nc2nc3cc(CN4CCN(C)CC4)ccc3n2CCCCCN)n1. The lowest BCUT2D eigenvalue weighted by atomic mass is 10.1. The number of benzene rings is 1. The highest BCUT2D eigenvalue weighted by atomic mass is 16.5. The Morgan fingerprint density at radius 2 is 1.81 bits per heavy atom. The molecular weight excluding hydrogens is 458 g/mol. The zero-order valence-corrected chi connectivity index (χ0v) is 21.1. The van der Waals surface area contributed by atoms with E-state index in [1.165, 1.54) is 18.7 Å². The smallest absolute Gasteiger partial charge is 0.356 e. The minimum Gasteiger partial charge on any atom is -0.464 e. The Bertz CT molecular complexity index is 1200. The summed E-state index contributed by atoms with van der Waals surface area (Å²) in [5.74, 6) is -0.564. The van der Waals surface area contributed by atoms with Crippen molar-refractivity contribution in [1.29, 1.82) is 0 Å². The number of carbonyl (C=O) groups is 2. The van der Waals surface area contributed by atoms with E-state index in [1.54, 1.807) is 12.1 Å². The van der Waals surface area contributed by atoms with Crippen LogP contribution in [0.15, 0.2) is 36.4 Å². The maximum atomic E-state index is 13.0. The predicted molar refractivity (Wildman–Crippen MR) is 139 cm³/mol. The maximum absolute atomic E-state index is 13.0. The number of carbonyl (C=O) groups excluding carboxylic acids is 2. The number of rotatable bonds is 10. The molecule has 0 atom stereocenters. The first kappa shape index (κ1) is 25.7. The molecule has 1 saturated heterocycles. The quantitative estimate of drug-likeness (QED) is 0.326. The van der Waals surface area contributed by atoms with E-state index in [-0.39, 0.29) is 11.4 Å². The van der Waals surface area contributed by atoms with Gasteiger partial charge in [-0.15, -0.1) is 0 Å². The molecule has 1 aromatic carbocycles. The van der Waals surface area contributed by atoms with Crippen LogP contribution in [0.4, 0.5) is 5.95 Å². The number of hydrogen-bond acceptors (Lipinski definition) is 8. The van der Waals surface area contributed by atoms with Gasteiger partial charge in [-0.05, 0) is 56.3 Å². The summed E-state index contributed by atoms with van der Waals surface area (Å²) >= 11 is 0. The number of aromatic nitrogens is 3. The number of aryl methyl sites for hydroxylation is 1. The number of nitrogens with zero attached hydrogens (tertiary/aromatic N) is 5. The number of amides is 1. The van der Waals surface area contributed by atoms with Gasteiger partial charge in [-0.2, -0.15) is 0 Å². The summed E-state index contributed by atoms with van der Waals surface area (Å²) in [5.41, 5.74) is 8.87. The van der Waals surface area contributed by atoms with Crippen LogP contribution in [0.3, 0.4) is 0 Å². The third-order valence-corrected chi connectivity index (χ3v) is 6.50. The van der Waals surface area contributed by atoms with Crippen LogP contribution < -0.4 is 11.1 Å². The van der Waals surface area contributed by atoms with Gasteiger partial charge in [0.2, 0.25) is 5.95 Å². The topological polar surface area (TPSA) is 119 Å². The number of fused-ring (bicyclic) bond motifs is 1. The van der Waals surface area contributed by atoms with Gasteiger partial charge in [0.15, 0.2) is 0 Å². The summed E-state index contributed by atoms with van der Waals surface area (Å²) in [6.07, 6.45) is 2.87. The second kappa shape index (κ2) is 12.1. The molecule has 4 rings (SSSR count). The van der Waals surface area contributed by atoms with Crippen molar-refractivity contribution in [2.24, 2.45) is 5.73 Å². The predicted octanol–water partition coefficient (Wildman–Crippen LogP) is 2.35. The van der Waals surface area contributed by atoms with Crippen molar-refractivity contribution >= 4 is 28.9 Å². The molecule has 3 N–H and O–H groups in total. The van der Waals surface area contributed by atoms with Gasteiger partial charge in [0.1, 0.15) is 11.4 Å². The van der Waals surface area contributed by atoms with Gasteiger partial charge in [0, 0.05) is 39.3 Å². The summed E-state index contributed by atoms with van der Waals surface area (Å²) in [7, 11) is 3.43. The van der Waals surface area contributed by atoms with E-state index in [0.717, 1.165) is 63.0 Å². The van der Waals surface area contributed by atoms with Crippen LogP contribution in [-0.4, -0.2) is 83.1 Å². The van der Waals surface area contributed by atoms with Crippen molar-refractivity contribution in [2.75, 3.05) is 52.2 Å². The number of unbranched alkanes of at least 4 members (excludes halogenated alkanes) is 2. The molecule has 0 bridgehead atoms. The summed E-state index contributed by atoms with van der Waals surface area (Å²) in [6.45, 7) is 6.47. The van der Waals surface area contributed by atoms with E-state index in [2.05, 4.69) is 45.3 Å². The molecular formula is C26H35N7O3. The van der Waals surface area contributed by atoms with Gasteiger partial charge >= 0.3 is 5.97 Å². The number of methoxy groups -OCH3 is 1. The van der Waals surface area contributed by atoms with Crippen LogP contribution in [0, 0.1) is 0 Å². The number of likely N-dealkylation sites (N-methyl/N-ethyl adjacent to an activating group) is 1. The number of imidazole rings is 1. The molecule has 0 saturated carbocycles. The van der Waals surface area contributed by atoms with Crippen molar-refractivity contribution in [3.63, 3.8) is 0 Å². The third kappa shape index (κ3) is 6.26. The van der Waals surface area contributed by atoms with E-state index in [1.807, 2.05) is 4.57 Å². The molecule has 0 spiro atoms. The molecule has 10 nitrogen and oxygen atoms in total. The van der Waals surface area contributed by atoms with Gasteiger partial charge in [-0.1, -0.05) is 18.6 Å². The first-order valence-electron chi connectivity index (χ1n) is 12.5. The molecule has 3 heterocycles. The number of ether oxygens (including phenoxy) is 1. The minimum absolute atomic E-state index is 0.0778. The zero-order chi connectivity index (χ0) is 25.5. The molecule has 3 aromatic rings. The Morgan fingerprint density at radius 1 is 1.03 bits per heavy atom. The van der Waals surface area contributed by atoms with Crippen molar-refractivity contribution in [3.8, 4) is 0 Å². The Balaban J connectivity index is 1.57. The molecule has 0 radical (unpaired) electrons. The lowest BCUT2D eigenvalue weighted by Gasteiger charge is -2.32. The van der Waals surface area contributed by atoms with Crippen LogP contribution in [0.1, 0.15) is 45.8 Å². The van der Waals surface area contributed by atoms with Crippen molar-refractivity contribution in [1.82, 2.24) is 24.3 Å². The number of pyridine rings is 1. The number of nitrogens with one attached hydrogen (secondary N) is 1. The standard InChI is InChI=1S/C26H35N7O3/c1-31-13-15-32(16-14-31)18-19-9-10-23-22(17-19)29-26(33(23)12-5-3-4-11-27)30-24(34)20-7-6-8-21(28-20)25(35)36-2/h6-10,17H,3-5,11-16,18,27H2,1-2H3,(H,29,30,34). The van der Waals surface area contributed by atoms with Crippen LogP contribution in [0.5, 0.6) is 0 Å². The van der Waals surface area contributed by atoms with Crippen molar-refractivity contribution < 1.29 is 14.3 Å². The normalized spacial score (nSPS) is 14.8. The Hall–Kier alpha value is -3.34. The van der Waals surface area contributed by atoms with E-state index in [4.69, 9.17) is 15.5 Å². The van der Waals surface area contributed by atoms with Crippen LogP contribution in [0.2, 0.25) is 0 Å². The first-order valence-corrected chi connectivity index (χ1v) is 12.5. The van der Waals surface area contributed by atoms with E-state index >= 15 is 0 Å². The molecule has 0 unspecified atom stereocenters.